The summed E-state index contributed by atoms with van der Waals surface area (Å²) in [5.74, 6) is -0.0281. The zero-order valence-corrected chi connectivity index (χ0v) is 12.1. The summed E-state index contributed by atoms with van der Waals surface area (Å²) in [5, 5.41) is 2.81. The van der Waals surface area contributed by atoms with Gasteiger partial charge in [-0.05, 0) is 25.0 Å². The van der Waals surface area contributed by atoms with E-state index >= 15 is 0 Å². The average molecular weight is 275 g/mol. The smallest absolute Gasteiger partial charge is 0.245 e. The van der Waals surface area contributed by atoms with Crippen molar-refractivity contribution < 1.29 is 9.59 Å². The lowest BCUT2D eigenvalue weighted by molar-refractivity contribution is -0.134. The van der Waals surface area contributed by atoms with Crippen LogP contribution < -0.4 is 5.32 Å². The van der Waals surface area contributed by atoms with Gasteiger partial charge in [0.2, 0.25) is 11.8 Å². The molecule has 5 nitrogen and oxygen atoms in total. The van der Waals surface area contributed by atoms with Crippen LogP contribution in [0.3, 0.4) is 0 Å². The molecular weight excluding hydrogens is 254 g/mol. The molecule has 0 bridgehead atoms. The summed E-state index contributed by atoms with van der Waals surface area (Å²) in [6, 6.07) is 3.53. The maximum atomic E-state index is 12.4. The molecule has 0 aliphatic carbocycles. The number of aromatic nitrogens is 1. The number of carbonyl (C=O) groups excluding carboxylic acids is 2. The van der Waals surface area contributed by atoms with Gasteiger partial charge in [0, 0.05) is 31.4 Å². The van der Waals surface area contributed by atoms with Crippen molar-refractivity contribution >= 4 is 11.8 Å². The lowest BCUT2D eigenvalue weighted by atomic mass is 10.1. The minimum absolute atomic E-state index is 0.0123. The van der Waals surface area contributed by atoms with E-state index in [2.05, 4.69) is 10.3 Å². The van der Waals surface area contributed by atoms with Crippen LogP contribution in [0.5, 0.6) is 0 Å². The van der Waals surface area contributed by atoms with Gasteiger partial charge in [-0.2, -0.15) is 0 Å². The maximum absolute atomic E-state index is 12.4. The molecule has 0 aromatic carbocycles. The molecule has 1 aliphatic rings. The second-order valence-electron chi connectivity index (χ2n) is 5.23. The minimum Gasteiger partial charge on any atom is -0.344 e. The first-order valence-corrected chi connectivity index (χ1v) is 7.10. The monoisotopic (exact) mass is 275 g/mol. The molecule has 1 aromatic rings. The Bertz CT molecular complexity index is 484. The standard InChI is InChI=1S/C15H21N3O2/c1-3-4-13-15(20)18(8-7-14(19)17-13)10-12-6-5-11(2)16-9-12/h5-6,9,13H,3-4,7-8,10H2,1-2H3,(H,17,19). The van der Waals surface area contributed by atoms with Crippen molar-refractivity contribution in [3.05, 3.63) is 29.6 Å². The molecule has 2 heterocycles. The first-order valence-electron chi connectivity index (χ1n) is 7.10. The number of rotatable bonds is 4. The summed E-state index contributed by atoms with van der Waals surface area (Å²) in [7, 11) is 0. The number of aryl methyl sites for hydroxylation is 1. The third-order valence-corrected chi connectivity index (χ3v) is 3.48. The molecule has 1 aliphatic heterocycles. The van der Waals surface area contributed by atoms with E-state index in [1.165, 1.54) is 0 Å². The fraction of sp³-hybridized carbons (Fsp3) is 0.533. The minimum atomic E-state index is -0.381. The molecule has 0 saturated carbocycles. The van der Waals surface area contributed by atoms with Gasteiger partial charge in [0.05, 0.1) is 0 Å². The molecule has 1 saturated heterocycles. The summed E-state index contributed by atoms with van der Waals surface area (Å²) in [5.41, 5.74) is 1.95. The molecule has 1 aromatic heterocycles. The van der Waals surface area contributed by atoms with Gasteiger partial charge in [0.15, 0.2) is 0 Å². The van der Waals surface area contributed by atoms with Crippen molar-refractivity contribution in [2.24, 2.45) is 0 Å². The van der Waals surface area contributed by atoms with E-state index in [9.17, 15) is 9.59 Å². The fourth-order valence-electron chi connectivity index (χ4n) is 2.35. The largest absolute Gasteiger partial charge is 0.344 e. The number of nitrogens with one attached hydrogen (secondary N) is 1. The summed E-state index contributed by atoms with van der Waals surface area (Å²) in [6.45, 7) is 4.93. The second-order valence-corrected chi connectivity index (χ2v) is 5.23. The lowest BCUT2D eigenvalue weighted by Gasteiger charge is -2.23. The summed E-state index contributed by atoms with van der Waals surface area (Å²) in [4.78, 5) is 30.1. The van der Waals surface area contributed by atoms with Crippen molar-refractivity contribution in [2.75, 3.05) is 6.54 Å². The SMILES string of the molecule is CCCC1NC(=O)CCN(Cc2ccc(C)nc2)C1=O. The topological polar surface area (TPSA) is 62.3 Å². The van der Waals surface area contributed by atoms with Crippen molar-refractivity contribution in [1.29, 1.82) is 0 Å². The molecule has 108 valence electrons. The fourth-order valence-corrected chi connectivity index (χ4v) is 2.35. The van der Waals surface area contributed by atoms with Crippen LogP contribution in [0.1, 0.15) is 37.4 Å². The van der Waals surface area contributed by atoms with Gasteiger partial charge in [-0.3, -0.25) is 14.6 Å². The number of hydrogen-bond donors (Lipinski definition) is 1. The highest BCUT2D eigenvalue weighted by Crippen LogP contribution is 2.12. The second kappa shape index (κ2) is 6.50. The van der Waals surface area contributed by atoms with E-state index in [4.69, 9.17) is 0 Å². The quantitative estimate of drug-likeness (QED) is 0.903. The highest BCUT2D eigenvalue weighted by molar-refractivity contribution is 5.89. The maximum Gasteiger partial charge on any atom is 0.245 e. The summed E-state index contributed by atoms with van der Waals surface area (Å²) < 4.78 is 0. The molecular formula is C15H21N3O2. The van der Waals surface area contributed by atoms with Gasteiger partial charge in [-0.25, -0.2) is 0 Å². The van der Waals surface area contributed by atoms with Gasteiger partial charge in [-0.1, -0.05) is 19.4 Å². The van der Waals surface area contributed by atoms with Crippen LogP contribution in [0.2, 0.25) is 0 Å². The van der Waals surface area contributed by atoms with Crippen LogP contribution in [-0.4, -0.2) is 34.3 Å². The molecule has 20 heavy (non-hydrogen) atoms. The van der Waals surface area contributed by atoms with Crippen LogP contribution in [0.25, 0.3) is 0 Å². The van der Waals surface area contributed by atoms with Gasteiger partial charge in [0.25, 0.3) is 0 Å². The van der Waals surface area contributed by atoms with Gasteiger partial charge < -0.3 is 10.2 Å². The zero-order chi connectivity index (χ0) is 14.5. The van der Waals surface area contributed by atoms with E-state index in [1.54, 1.807) is 11.1 Å². The Morgan fingerprint density at radius 2 is 2.20 bits per heavy atom. The van der Waals surface area contributed by atoms with Crippen molar-refractivity contribution in [3.63, 3.8) is 0 Å². The van der Waals surface area contributed by atoms with Gasteiger partial charge in [0.1, 0.15) is 6.04 Å². The predicted molar refractivity (Wildman–Crippen MR) is 75.8 cm³/mol. The Morgan fingerprint density at radius 1 is 1.40 bits per heavy atom. The number of nitrogens with zero attached hydrogens (tertiary/aromatic N) is 2. The van der Waals surface area contributed by atoms with Gasteiger partial charge in [-0.15, -0.1) is 0 Å². The number of hydrogen-bond acceptors (Lipinski definition) is 3. The molecule has 2 rings (SSSR count). The van der Waals surface area contributed by atoms with Crippen molar-refractivity contribution in [3.8, 4) is 0 Å². The van der Waals surface area contributed by atoms with E-state index in [-0.39, 0.29) is 17.9 Å². The highest BCUT2D eigenvalue weighted by atomic mass is 16.2. The molecule has 1 fully saturated rings. The van der Waals surface area contributed by atoms with Crippen LogP contribution in [0, 0.1) is 6.92 Å². The van der Waals surface area contributed by atoms with E-state index in [1.807, 2.05) is 26.0 Å². The Morgan fingerprint density at radius 3 is 2.85 bits per heavy atom. The molecule has 0 radical (unpaired) electrons. The molecule has 0 spiro atoms. The summed E-state index contributed by atoms with van der Waals surface area (Å²) >= 11 is 0. The molecule has 1 unspecified atom stereocenters. The first kappa shape index (κ1) is 14.5. The number of amides is 2. The van der Waals surface area contributed by atoms with E-state index < -0.39 is 0 Å². The summed E-state index contributed by atoms with van der Waals surface area (Å²) in [6.07, 6.45) is 3.71. The first-order chi connectivity index (χ1) is 9.60. The van der Waals surface area contributed by atoms with Crippen LogP contribution >= 0.6 is 0 Å². The third kappa shape index (κ3) is 3.56. The lowest BCUT2D eigenvalue weighted by Crippen LogP contribution is -2.44. The van der Waals surface area contributed by atoms with Crippen molar-refractivity contribution in [2.45, 2.75) is 45.7 Å². The van der Waals surface area contributed by atoms with Crippen LogP contribution in [0.4, 0.5) is 0 Å². The Labute approximate surface area is 119 Å². The number of carbonyl (C=O) groups is 2. The normalized spacial score (nSPS) is 19.7. The molecule has 1 N–H and O–H groups in total. The van der Waals surface area contributed by atoms with Crippen molar-refractivity contribution in [1.82, 2.24) is 15.2 Å². The zero-order valence-electron chi connectivity index (χ0n) is 12.1. The van der Waals surface area contributed by atoms with E-state index in [0.29, 0.717) is 25.9 Å². The van der Waals surface area contributed by atoms with Gasteiger partial charge >= 0.3 is 0 Å². The molecule has 1 atom stereocenters. The highest BCUT2D eigenvalue weighted by Gasteiger charge is 2.28. The third-order valence-electron chi connectivity index (χ3n) is 3.48. The Kier molecular flexibility index (Phi) is 4.71. The Hall–Kier alpha value is -1.91. The molecule has 2 amide bonds. The van der Waals surface area contributed by atoms with E-state index in [0.717, 1.165) is 17.7 Å². The molecule has 5 heteroatoms. The number of pyridine rings is 1. The van der Waals surface area contributed by atoms with Crippen LogP contribution in [0.15, 0.2) is 18.3 Å². The van der Waals surface area contributed by atoms with Crippen LogP contribution in [-0.2, 0) is 16.1 Å². The predicted octanol–water partition coefficient (Wildman–Crippen LogP) is 1.41. The Balaban J connectivity index is 2.10. The average Bonchev–Trinajstić information content (AvgIpc) is 2.55.